The summed E-state index contributed by atoms with van der Waals surface area (Å²) in [4.78, 5) is 6.11. The number of nitrogens with zero attached hydrogens (tertiary/aromatic N) is 4. The first-order chi connectivity index (χ1) is 9.51. The predicted octanol–water partition coefficient (Wildman–Crippen LogP) is 2.72. The Balaban J connectivity index is 2.10. The maximum Gasteiger partial charge on any atom is 0.128 e. The highest BCUT2D eigenvalue weighted by Crippen LogP contribution is 2.15. The molecule has 0 N–H and O–H groups in total. The molecule has 1 aromatic heterocycles. The molecule has 20 heavy (non-hydrogen) atoms. The molecule has 0 amide bonds. The van der Waals surface area contributed by atoms with Gasteiger partial charge in [0.05, 0.1) is 24.4 Å². The van der Waals surface area contributed by atoms with Gasteiger partial charge in [0.1, 0.15) is 16.8 Å². The number of rotatable bonds is 4. The third-order valence-corrected chi connectivity index (χ3v) is 3.41. The lowest BCUT2D eigenvalue weighted by atomic mass is 10.1. The summed E-state index contributed by atoms with van der Waals surface area (Å²) in [6.07, 6.45) is 1.58. The molecule has 2 rings (SSSR count). The normalized spacial score (nSPS) is 10.8. The van der Waals surface area contributed by atoms with Crippen LogP contribution in [0.15, 0.2) is 24.4 Å². The summed E-state index contributed by atoms with van der Waals surface area (Å²) in [5.74, 6) is 0.489. The van der Waals surface area contributed by atoms with Crippen LogP contribution in [0, 0.1) is 17.1 Å². The van der Waals surface area contributed by atoms with Gasteiger partial charge in [0.25, 0.3) is 0 Å². The van der Waals surface area contributed by atoms with E-state index in [-0.39, 0.29) is 5.82 Å². The molecule has 0 atom stereocenters. The average molecular weight is 293 g/mol. The third kappa shape index (κ3) is 3.16. The standard InChI is InChI=1S/C14H14ClFN4/c1-19(9-14-18-7-13(15)20(14)2)8-11-5-10(6-17)3-4-12(11)16/h3-5,7H,8-9H2,1-2H3. The molecule has 0 saturated carbocycles. The molecular formula is C14H14ClFN4. The topological polar surface area (TPSA) is 44.9 Å². The second-order valence-electron chi connectivity index (χ2n) is 4.65. The summed E-state index contributed by atoms with van der Waals surface area (Å²) in [5, 5.41) is 9.41. The van der Waals surface area contributed by atoms with Gasteiger partial charge in [0, 0.05) is 19.2 Å². The van der Waals surface area contributed by atoms with Gasteiger partial charge in [-0.15, -0.1) is 0 Å². The lowest BCUT2D eigenvalue weighted by molar-refractivity contribution is 0.302. The number of benzene rings is 1. The summed E-state index contributed by atoms with van der Waals surface area (Å²) in [6, 6.07) is 6.37. The highest BCUT2D eigenvalue weighted by atomic mass is 35.5. The largest absolute Gasteiger partial charge is 0.321 e. The Hall–Kier alpha value is -1.90. The van der Waals surface area contributed by atoms with E-state index in [0.29, 0.717) is 29.4 Å². The Morgan fingerprint density at radius 1 is 1.45 bits per heavy atom. The molecule has 0 bridgehead atoms. The molecule has 104 valence electrons. The zero-order valence-electron chi connectivity index (χ0n) is 11.3. The fourth-order valence-electron chi connectivity index (χ4n) is 1.92. The molecule has 1 heterocycles. The van der Waals surface area contributed by atoms with E-state index in [1.165, 1.54) is 12.1 Å². The Morgan fingerprint density at radius 2 is 2.20 bits per heavy atom. The van der Waals surface area contributed by atoms with E-state index in [2.05, 4.69) is 4.98 Å². The molecule has 4 nitrogen and oxygen atoms in total. The van der Waals surface area contributed by atoms with Gasteiger partial charge in [-0.2, -0.15) is 5.26 Å². The van der Waals surface area contributed by atoms with Crippen molar-refractivity contribution in [1.82, 2.24) is 14.5 Å². The van der Waals surface area contributed by atoms with Crippen LogP contribution in [0.25, 0.3) is 0 Å². The van der Waals surface area contributed by atoms with Crippen LogP contribution >= 0.6 is 11.6 Å². The molecule has 0 fully saturated rings. The van der Waals surface area contributed by atoms with Crippen molar-refractivity contribution in [3.63, 3.8) is 0 Å². The van der Waals surface area contributed by atoms with E-state index in [4.69, 9.17) is 16.9 Å². The second kappa shape index (κ2) is 6.04. The quantitative estimate of drug-likeness (QED) is 0.870. The van der Waals surface area contributed by atoms with Crippen LogP contribution in [0.2, 0.25) is 5.15 Å². The number of hydrogen-bond acceptors (Lipinski definition) is 3. The lowest BCUT2D eigenvalue weighted by Crippen LogP contribution is -2.20. The third-order valence-electron chi connectivity index (χ3n) is 3.05. The van der Waals surface area contributed by atoms with Crippen molar-refractivity contribution in [2.24, 2.45) is 7.05 Å². The zero-order chi connectivity index (χ0) is 14.7. The second-order valence-corrected chi connectivity index (χ2v) is 5.03. The van der Waals surface area contributed by atoms with Crippen LogP contribution in [0.5, 0.6) is 0 Å². The van der Waals surface area contributed by atoms with Crippen LogP contribution in [0.1, 0.15) is 17.0 Å². The number of imidazole rings is 1. The summed E-state index contributed by atoms with van der Waals surface area (Å²) in [6.45, 7) is 0.936. The van der Waals surface area contributed by atoms with Crippen LogP contribution < -0.4 is 0 Å². The first kappa shape index (κ1) is 14.5. The minimum Gasteiger partial charge on any atom is -0.321 e. The van der Waals surface area contributed by atoms with Crippen LogP contribution in [-0.2, 0) is 20.1 Å². The van der Waals surface area contributed by atoms with E-state index < -0.39 is 0 Å². The minimum absolute atomic E-state index is 0.311. The lowest BCUT2D eigenvalue weighted by Gasteiger charge is -2.17. The van der Waals surface area contributed by atoms with Gasteiger partial charge in [0.2, 0.25) is 0 Å². The molecule has 0 spiro atoms. The molecule has 0 unspecified atom stereocenters. The molecule has 0 aliphatic carbocycles. The van der Waals surface area contributed by atoms with Gasteiger partial charge in [-0.25, -0.2) is 9.37 Å². The fraction of sp³-hybridized carbons (Fsp3) is 0.286. The molecular weight excluding hydrogens is 279 g/mol. The molecule has 6 heteroatoms. The molecule has 0 aliphatic heterocycles. The predicted molar refractivity (Wildman–Crippen MR) is 74.5 cm³/mol. The van der Waals surface area contributed by atoms with Crippen molar-refractivity contribution in [3.05, 3.63) is 52.3 Å². The van der Waals surface area contributed by atoms with Crippen LogP contribution in [-0.4, -0.2) is 21.5 Å². The maximum absolute atomic E-state index is 13.7. The van der Waals surface area contributed by atoms with Crippen molar-refractivity contribution < 1.29 is 4.39 Å². The van der Waals surface area contributed by atoms with Crippen molar-refractivity contribution in [3.8, 4) is 6.07 Å². The Kier molecular flexibility index (Phi) is 4.38. The summed E-state index contributed by atoms with van der Waals surface area (Å²) in [5.41, 5.74) is 0.946. The number of nitriles is 1. The maximum atomic E-state index is 13.7. The smallest absolute Gasteiger partial charge is 0.128 e. The van der Waals surface area contributed by atoms with E-state index in [0.717, 1.165) is 5.82 Å². The van der Waals surface area contributed by atoms with E-state index in [9.17, 15) is 4.39 Å². The highest BCUT2D eigenvalue weighted by molar-refractivity contribution is 6.29. The highest BCUT2D eigenvalue weighted by Gasteiger charge is 2.11. The van der Waals surface area contributed by atoms with E-state index >= 15 is 0 Å². The minimum atomic E-state index is -0.311. The van der Waals surface area contributed by atoms with Gasteiger partial charge in [-0.05, 0) is 25.2 Å². The van der Waals surface area contributed by atoms with Gasteiger partial charge in [-0.3, -0.25) is 4.90 Å². The Bertz CT molecular complexity index is 660. The van der Waals surface area contributed by atoms with Crippen LogP contribution in [0.3, 0.4) is 0 Å². The molecule has 2 aromatic rings. The molecule has 0 aliphatic rings. The number of aromatic nitrogens is 2. The van der Waals surface area contributed by atoms with Gasteiger partial charge < -0.3 is 4.57 Å². The Labute approximate surface area is 122 Å². The van der Waals surface area contributed by atoms with Crippen molar-refractivity contribution in [2.75, 3.05) is 7.05 Å². The van der Waals surface area contributed by atoms with Crippen LogP contribution in [0.4, 0.5) is 4.39 Å². The first-order valence-electron chi connectivity index (χ1n) is 6.04. The first-order valence-corrected chi connectivity index (χ1v) is 6.42. The summed E-state index contributed by atoms with van der Waals surface area (Å²) < 4.78 is 15.5. The van der Waals surface area contributed by atoms with E-state index in [1.54, 1.807) is 16.8 Å². The van der Waals surface area contributed by atoms with E-state index in [1.807, 2.05) is 25.1 Å². The average Bonchev–Trinajstić information content (AvgIpc) is 2.73. The fourth-order valence-corrected chi connectivity index (χ4v) is 2.07. The van der Waals surface area contributed by atoms with Crippen molar-refractivity contribution in [2.45, 2.75) is 13.1 Å². The Morgan fingerprint density at radius 3 is 2.80 bits per heavy atom. The molecule has 1 aromatic carbocycles. The monoisotopic (exact) mass is 292 g/mol. The number of hydrogen-bond donors (Lipinski definition) is 0. The van der Waals surface area contributed by atoms with Crippen molar-refractivity contribution in [1.29, 1.82) is 5.26 Å². The summed E-state index contributed by atoms with van der Waals surface area (Å²) >= 11 is 5.92. The molecule has 0 saturated heterocycles. The zero-order valence-corrected chi connectivity index (χ0v) is 12.0. The van der Waals surface area contributed by atoms with Gasteiger partial charge >= 0.3 is 0 Å². The SMILES string of the molecule is CN(Cc1cc(C#N)ccc1F)Cc1ncc(Cl)n1C. The summed E-state index contributed by atoms with van der Waals surface area (Å²) in [7, 11) is 3.69. The van der Waals surface area contributed by atoms with Crippen molar-refractivity contribution >= 4 is 11.6 Å². The number of halogens is 2. The molecule has 0 radical (unpaired) electrons. The van der Waals surface area contributed by atoms with Gasteiger partial charge in [-0.1, -0.05) is 11.6 Å². The van der Waals surface area contributed by atoms with Gasteiger partial charge in [0.15, 0.2) is 0 Å².